The highest BCUT2D eigenvalue weighted by molar-refractivity contribution is 5.66. The van der Waals surface area contributed by atoms with Crippen LogP contribution in [-0.4, -0.2) is 12.6 Å². The van der Waals surface area contributed by atoms with Gasteiger partial charge in [-0.3, -0.25) is 4.79 Å². The van der Waals surface area contributed by atoms with E-state index in [0.29, 0.717) is 17.4 Å². The molecule has 0 saturated heterocycles. The van der Waals surface area contributed by atoms with E-state index in [4.69, 9.17) is 4.74 Å². The summed E-state index contributed by atoms with van der Waals surface area (Å²) in [6, 6.07) is 0. The monoisotopic (exact) mass is 332 g/mol. The summed E-state index contributed by atoms with van der Waals surface area (Å²) >= 11 is 0. The van der Waals surface area contributed by atoms with Gasteiger partial charge in [-0.05, 0) is 81.1 Å². The Kier molecular flexibility index (Phi) is 5.99. The zero-order valence-electron chi connectivity index (χ0n) is 16.6. The highest BCUT2D eigenvalue weighted by atomic mass is 16.5. The van der Waals surface area contributed by atoms with Crippen LogP contribution < -0.4 is 0 Å². The molecule has 2 nitrogen and oxygen atoms in total. The number of rotatable bonds is 5. The molecule has 0 aromatic heterocycles. The van der Waals surface area contributed by atoms with Crippen LogP contribution in [0.2, 0.25) is 0 Å². The fourth-order valence-electron chi connectivity index (χ4n) is 5.20. The summed E-state index contributed by atoms with van der Waals surface area (Å²) in [6.07, 6.45) is 12.2. The van der Waals surface area contributed by atoms with Crippen molar-refractivity contribution < 1.29 is 9.53 Å². The number of carbonyl (C=O) groups is 1. The fraction of sp³-hybridized carbons (Fsp3) is 0.773. The molecular formula is C22H36O2. The van der Waals surface area contributed by atoms with Crippen LogP contribution in [0.4, 0.5) is 0 Å². The molecule has 0 N–H and O–H groups in total. The van der Waals surface area contributed by atoms with Crippen molar-refractivity contribution in [2.45, 2.75) is 80.1 Å². The quantitative estimate of drug-likeness (QED) is 0.451. The third-order valence-corrected chi connectivity index (χ3v) is 7.37. The number of hydrogen-bond acceptors (Lipinski definition) is 2. The van der Waals surface area contributed by atoms with Crippen LogP contribution in [-0.2, 0) is 9.53 Å². The summed E-state index contributed by atoms with van der Waals surface area (Å²) in [6.45, 7) is 13.9. The largest absolute Gasteiger partial charge is 0.462 e. The lowest BCUT2D eigenvalue weighted by atomic mass is 9.47. The van der Waals surface area contributed by atoms with Crippen LogP contribution in [0.1, 0.15) is 80.1 Å². The SMILES string of the molecule is CC(=O)OC/C=C(\C)CC[C@@]1(C)[C@H](C)CC[C@@]2(C)C(C)=CCC[C@@H]12. The van der Waals surface area contributed by atoms with Crippen molar-refractivity contribution in [2.75, 3.05) is 6.61 Å². The molecule has 0 radical (unpaired) electrons. The van der Waals surface area contributed by atoms with E-state index in [-0.39, 0.29) is 5.97 Å². The second kappa shape index (κ2) is 7.45. The molecule has 136 valence electrons. The third kappa shape index (κ3) is 3.78. The maximum absolute atomic E-state index is 10.9. The van der Waals surface area contributed by atoms with Crippen molar-refractivity contribution in [3.8, 4) is 0 Å². The smallest absolute Gasteiger partial charge is 0.302 e. The minimum absolute atomic E-state index is 0.202. The van der Waals surface area contributed by atoms with Gasteiger partial charge in [-0.15, -0.1) is 0 Å². The molecule has 0 aromatic carbocycles. The number of allylic oxidation sites excluding steroid dienone is 3. The molecule has 1 fully saturated rings. The van der Waals surface area contributed by atoms with Gasteiger partial charge < -0.3 is 4.74 Å². The molecule has 0 heterocycles. The summed E-state index contributed by atoms with van der Waals surface area (Å²) in [7, 11) is 0. The lowest BCUT2D eigenvalue weighted by molar-refractivity contribution is -0.139. The third-order valence-electron chi connectivity index (χ3n) is 7.37. The van der Waals surface area contributed by atoms with Crippen molar-refractivity contribution in [2.24, 2.45) is 22.7 Å². The molecule has 0 unspecified atom stereocenters. The van der Waals surface area contributed by atoms with E-state index < -0.39 is 0 Å². The lowest BCUT2D eigenvalue weighted by Gasteiger charge is -2.58. The molecule has 4 atom stereocenters. The van der Waals surface area contributed by atoms with E-state index >= 15 is 0 Å². The second-order valence-corrected chi connectivity index (χ2v) is 8.73. The molecule has 24 heavy (non-hydrogen) atoms. The van der Waals surface area contributed by atoms with Gasteiger partial charge in [0.05, 0.1) is 0 Å². The summed E-state index contributed by atoms with van der Waals surface area (Å²) in [4.78, 5) is 10.9. The Morgan fingerprint density at radius 1 is 1.33 bits per heavy atom. The normalized spacial score (nSPS) is 36.8. The minimum atomic E-state index is -0.202. The topological polar surface area (TPSA) is 26.3 Å². The van der Waals surface area contributed by atoms with Crippen LogP contribution in [0, 0.1) is 22.7 Å². The molecular weight excluding hydrogens is 296 g/mol. The second-order valence-electron chi connectivity index (χ2n) is 8.73. The minimum Gasteiger partial charge on any atom is -0.462 e. The van der Waals surface area contributed by atoms with Gasteiger partial charge in [-0.1, -0.05) is 38.0 Å². The van der Waals surface area contributed by atoms with Crippen LogP contribution in [0.15, 0.2) is 23.3 Å². The van der Waals surface area contributed by atoms with Crippen molar-refractivity contribution in [1.29, 1.82) is 0 Å². The Morgan fingerprint density at radius 2 is 2.04 bits per heavy atom. The highest BCUT2D eigenvalue weighted by Crippen LogP contribution is 2.61. The van der Waals surface area contributed by atoms with E-state index in [2.05, 4.69) is 46.8 Å². The summed E-state index contributed by atoms with van der Waals surface area (Å²) < 4.78 is 5.04. The molecule has 0 bridgehead atoms. The molecule has 2 aliphatic carbocycles. The molecule has 1 saturated carbocycles. The van der Waals surface area contributed by atoms with Gasteiger partial charge in [0.2, 0.25) is 0 Å². The molecule has 0 spiro atoms. The molecule has 0 amide bonds. The molecule has 0 aliphatic heterocycles. The number of ether oxygens (including phenoxy) is 1. The van der Waals surface area contributed by atoms with Crippen LogP contribution >= 0.6 is 0 Å². The molecule has 2 aliphatic rings. The summed E-state index contributed by atoms with van der Waals surface area (Å²) in [5.41, 5.74) is 3.77. The Bertz CT molecular complexity index is 530. The average molecular weight is 333 g/mol. The van der Waals surface area contributed by atoms with E-state index in [1.165, 1.54) is 44.6 Å². The maximum Gasteiger partial charge on any atom is 0.302 e. The van der Waals surface area contributed by atoms with Gasteiger partial charge in [-0.25, -0.2) is 0 Å². The van der Waals surface area contributed by atoms with E-state index in [9.17, 15) is 4.79 Å². The Morgan fingerprint density at radius 3 is 2.71 bits per heavy atom. The highest BCUT2D eigenvalue weighted by Gasteiger charge is 2.52. The van der Waals surface area contributed by atoms with Gasteiger partial charge in [0, 0.05) is 6.92 Å². The van der Waals surface area contributed by atoms with Gasteiger partial charge in [0.1, 0.15) is 6.61 Å². The zero-order valence-corrected chi connectivity index (χ0v) is 16.6. The Labute approximate surface area is 148 Å². The maximum atomic E-state index is 10.9. The summed E-state index contributed by atoms with van der Waals surface area (Å²) in [5, 5.41) is 0. The Balaban J connectivity index is 2.08. The number of esters is 1. The van der Waals surface area contributed by atoms with Crippen LogP contribution in [0.5, 0.6) is 0 Å². The Hall–Kier alpha value is -1.05. The first kappa shape index (κ1) is 19.3. The predicted molar refractivity (Wildman–Crippen MR) is 101 cm³/mol. The number of carbonyl (C=O) groups excluding carboxylic acids is 1. The standard InChI is InChI=1S/C22H36O2/c1-16(12-15-24-19(4)23)10-13-21(5)18(3)11-14-22(6)17(2)8-7-9-20(21)22/h8,12,18,20H,7,9-11,13-15H2,1-6H3/b16-12+/t18-,20+,21+,22+/m1/s1. The fourth-order valence-corrected chi connectivity index (χ4v) is 5.20. The van der Waals surface area contributed by atoms with Gasteiger partial charge in [0.15, 0.2) is 0 Å². The van der Waals surface area contributed by atoms with E-state index in [1.807, 2.05) is 0 Å². The van der Waals surface area contributed by atoms with Gasteiger partial charge in [-0.2, -0.15) is 0 Å². The van der Waals surface area contributed by atoms with Crippen molar-refractivity contribution in [3.63, 3.8) is 0 Å². The van der Waals surface area contributed by atoms with E-state index in [1.54, 1.807) is 5.57 Å². The number of hydrogen-bond donors (Lipinski definition) is 0. The first-order valence-corrected chi connectivity index (χ1v) is 9.66. The average Bonchev–Trinajstić information content (AvgIpc) is 2.51. The summed E-state index contributed by atoms with van der Waals surface area (Å²) in [5.74, 6) is 1.37. The predicted octanol–water partition coefficient (Wildman–Crippen LogP) is 6.07. The lowest BCUT2D eigenvalue weighted by Crippen LogP contribution is -2.49. The first-order chi connectivity index (χ1) is 11.2. The van der Waals surface area contributed by atoms with Crippen LogP contribution in [0.25, 0.3) is 0 Å². The molecule has 0 aromatic rings. The van der Waals surface area contributed by atoms with E-state index in [0.717, 1.165) is 18.3 Å². The van der Waals surface area contributed by atoms with Crippen molar-refractivity contribution >= 4 is 5.97 Å². The molecule has 2 heteroatoms. The van der Waals surface area contributed by atoms with Crippen LogP contribution in [0.3, 0.4) is 0 Å². The number of fused-ring (bicyclic) bond motifs is 1. The van der Waals surface area contributed by atoms with Gasteiger partial charge in [0.25, 0.3) is 0 Å². The van der Waals surface area contributed by atoms with Crippen molar-refractivity contribution in [3.05, 3.63) is 23.3 Å². The molecule has 2 rings (SSSR count). The zero-order chi connectivity index (χ0) is 18.0. The van der Waals surface area contributed by atoms with Gasteiger partial charge >= 0.3 is 5.97 Å². The first-order valence-electron chi connectivity index (χ1n) is 9.66. The van der Waals surface area contributed by atoms with Crippen molar-refractivity contribution in [1.82, 2.24) is 0 Å².